The number of hydrogen-bond donors (Lipinski definition) is 1. The largest absolute Gasteiger partial charge is 0.355 e. The van der Waals surface area contributed by atoms with Crippen LogP contribution in [-0.2, 0) is 0 Å². The fourth-order valence-electron chi connectivity index (χ4n) is 2.23. The Hall–Kier alpha value is -2.33. The van der Waals surface area contributed by atoms with E-state index < -0.39 is 0 Å². The molecule has 0 radical (unpaired) electrons. The Morgan fingerprint density at radius 2 is 1.92 bits per heavy atom. The van der Waals surface area contributed by atoms with E-state index in [9.17, 15) is 4.79 Å². The number of carbonyl (C=O) groups is 1. The van der Waals surface area contributed by atoms with Gasteiger partial charge in [-0.05, 0) is 57.9 Å². The molecule has 1 N–H and O–H groups in total. The molecule has 0 aliphatic carbocycles. The topological polar surface area (TPSA) is 55.1 Å². The van der Waals surface area contributed by atoms with Crippen molar-refractivity contribution in [2.24, 2.45) is 0 Å². The molecule has 1 aromatic heterocycles. The number of amides is 1. The van der Waals surface area contributed by atoms with Crippen molar-refractivity contribution in [3.63, 3.8) is 0 Å². The number of benzene rings is 1. The number of carbonyl (C=O) groups excluding carboxylic acids is 1. The Balaban J connectivity index is 1.87. The highest BCUT2D eigenvalue weighted by Crippen LogP contribution is 2.22. The zero-order chi connectivity index (χ0) is 18.2. The minimum absolute atomic E-state index is 0.252. The monoisotopic (exact) mass is 358 g/mol. The molecule has 0 fully saturated rings. The molecule has 0 unspecified atom stereocenters. The van der Waals surface area contributed by atoms with E-state index in [-0.39, 0.29) is 11.6 Å². The van der Waals surface area contributed by atoms with E-state index in [4.69, 9.17) is 16.1 Å². The van der Waals surface area contributed by atoms with Crippen LogP contribution in [0.15, 0.2) is 58.2 Å². The molecule has 1 amide bonds. The zero-order valence-electron chi connectivity index (χ0n) is 14.8. The third-order valence-corrected chi connectivity index (χ3v) is 3.93. The van der Waals surface area contributed by atoms with Gasteiger partial charge in [0.2, 0.25) is 0 Å². The molecule has 2 rings (SSSR count). The van der Waals surface area contributed by atoms with Crippen molar-refractivity contribution in [1.29, 1.82) is 0 Å². The van der Waals surface area contributed by atoms with Gasteiger partial charge in [0.15, 0.2) is 11.5 Å². The van der Waals surface area contributed by atoms with Crippen LogP contribution in [0.4, 0.5) is 0 Å². The normalized spacial score (nSPS) is 11.3. The average molecular weight is 359 g/mol. The molecule has 1 aromatic carbocycles. The van der Waals surface area contributed by atoms with Crippen molar-refractivity contribution in [2.75, 3.05) is 6.54 Å². The van der Waals surface area contributed by atoms with Gasteiger partial charge < -0.3 is 9.84 Å². The molecule has 5 heteroatoms. The Morgan fingerprint density at radius 1 is 1.20 bits per heavy atom. The van der Waals surface area contributed by atoms with Crippen LogP contribution < -0.4 is 5.32 Å². The lowest BCUT2D eigenvalue weighted by Gasteiger charge is -2.01. The highest BCUT2D eigenvalue weighted by Gasteiger charge is 2.12. The van der Waals surface area contributed by atoms with Gasteiger partial charge in [0.25, 0.3) is 5.91 Å². The lowest BCUT2D eigenvalue weighted by atomic mass is 10.1. The number of nitrogens with one attached hydrogen (secondary N) is 1. The summed E-state index contributed by atoms with van der Waals surface area (Å²) in [6.45, 7) is 6.73. The Kier molecular flexibility index (Phi) is 7.02. The molecule has 1 heterocycles. The van der Waals surface area contributed by atoms with Crippen LogP contribution in [0.3, 0.4) is 0 Å². The highest BCUT2D eigenvalue weighted by atomic mass is 35.5. The molecule has 2 aromatic rings. The van der Waals surface area contributed by atoms with Crippen LogP contribution in [0.5, 0.6) is 0 Å². The minimum Gasteiger partial charge on any atom is -0.355 e. The summed E-state index contributed by atoms with van der Waals surface area (Å²) in [7, 11) is 0. The van der Waals surface area contributed by atoms with Crippen LogP contribution in [0.1, 0.15) is 44.1 Å². The molecule has 25 heavy (non-hydrogen) atoms. The average Bonchev–Trinajstić information content (AvgIpc) is 3.05. The van der Waals surface area contributed by atoms with E-state index in [2.05, 4.69) is 37.3 Å². The van der Waals surface area contributed by atoms with Crippen LogP contribution in [0.2, 0.25) is 5.02 Å². The van der Waals surface area contributed by atoms with E-state index in [1.54, 1.807) is 18.2 Å². The molecule has 0 aliphatic rings. The Bertz CT molecular complexity index is 769. The quantitative estimate of drug-likeness (QED) is 0.672. The Morgan fingerprint density at radius 3 is 2.60 bits per heavy atom. The predicted octanol–water partition coefficient (Wildman–Crippen LogP) is 5.42. The molecule has 0 saturated carbocycles. The first-order valence-electron chi connectivity index (χ1n) is 8.25. The summed E-state index contributed by atoms with van der Waals surface area (Å²) < 4.78 is 5.24. The van der Waals surface area contributed by atoms with E-state index >= 15 is 0 Å². The lowest BCUT2D eigenvalue weighted by Crippen LogP contribution is -2.23. The molecule has 0 saturated heterocycles. The lowest BCUT2D eigenvalue weighted by molar-refractivity contribution is 0.0949. The number of halogens is 1. The summed E-state index contributed by atoms with van der Waals surface area (Å²) in [6.07, 6.45) is 6.25. The minimum atomic E-state index is -0.252. The van der Waals surface area contributed by atoms with Gasteiger partial charge in [-0.3, -0.25) is 4.79 Å². The molecule has 0 aliphatic heterocycles. The molecule has 0 spiro atoms. The molecule has 4 nitrogen and oxygen atoms in total. The number of rotatable bonds is 7. The van der Waals surface area contributed by atoms with E-state index in [1.807, 2.05) is 18.2 Å². The summed E-state index contributed by atoms with van der Waals surface area (Å²) in [5, 5.41) is 7.31. The van der Waals surface area contributed by atoms with Gasteiger partial charge in [-0.2, -0.15) is 0 Å². The maximum absolute atomic E-state index is 12.1. The standard InChI is InChI=1S/C20H23ClN2O2/c1-14(2)5-4-6-15(3)11-12-22-20(24)18-13-19(25-23-18)16-7-9-17(21)10-8-16/h5,7-11,13H,4,6,12H2,1-3H3,(H,22,24). The van der Waals surface area contributed by atoms with E-state index in [0.717, 1.165) is 18.4 Å². The van der Waals surface area contributed by atoms with Gasteiger partial charge in [0.1, 0.15) is 0 Å². The fraction of sp³-hybridized carbons (Fsp3) is 0.300. The third-order valence-electron chi connectivity index (χ3n) is 3.68. The van der Waals surface area contributed by atoms with Crippen molar-refractivity contribution in [1.82, 2.24) is 10.5 Å². The van der Waals surface area contributed by atoms with Gasteiger partial charge in [-0.15, -0.1) is 0 Å². The van der Waals surface area contributed by atoms with Crippen LogP contribution in [0.25, 0.3) is 11.3 Å². The number of hydrogen-bond acceptors (Lipinski definition) is 3. The van der Waals surface area contributed by atoms with Crippen molar-refractivity contribution in [3.8, 4) is 11.3 Å². The van der Waals surface area contributed by atoms with Crippen molar-refractivity contribution >= 4 is 17.5 Å². The molecule has 0 atom stereocenters. The first-order chi connectivity index (χ1) is 12.0. The first-order valence-corrected chi connectivity index (χ1v) is 8.63. The highest BCUT2D eigenvalue weighted by molar-refractivity contribution is 6.30. The summed E-state index contributed by atoms with van der Waals surface area (Å²) in [6, 6.07) is 8.81. The van der Waals surface area contributed by atoms with Gasteiger partial charge in [-0.25, -0.2) is 0 Å². The van der Waals surface area contributed by atoms with Crippen molar-refractivity contribution in [3.05, 3.63) is 64.3 Å². The summed E-state index contributed by atoms with van der Waals surface area (Å²) >= 11 is 5.87. The third kappa shape index (κ3) is 6.24. The van der Waals surface area contributed by atoms with Crippen LogP contribution >= 0.6 is 11.6 Å². The second-order valence-corrected chi connectivity index (χ2v) is 6.60. The van der Waals surface area contributed by atoms with Gasteiger partial charge in [0.05, 0.1) is 0 Å². The Labute approximate surface area is 153 Å². The van der Waals surface area contributed by atoms with Gasteiger partial charge in [0, 0.05) is 23.2 Å². The summed E-state index contributed by atoms with van der Waals surface area (Å²) in [4.78, 5) is 12.1. The van der Waals surface area contributed by atoms with Gasteiger partial charge in [-0.1, -0.05) is 40.1 Å². The maximum atomic E-state index is 12.1. The second kappa shape index (κ2) is 9.23. The summed E-state index contributed by atoms with van der Waals surface area (Å²) in [5.41, 5.74) is 3.66. The summed E-state index contributed by atoms with van der Waals surface area (Å²) in [5.74, 6) is 0.285. The molecule has 132 valence electrons. The molecule has 0 bridgehead atoms. The predicted molar refractivity (Wildman–Crippen MR) is 102 cm³/mol. The number of allylic oxidation sites excluding steroid dienone is 3. The SMILES string of the molecule is CC(C)=CCCC(C)=CCNC(=O)c1cc(-c2ccc(Cl)cc2)on1. The maximum Gasteiger partial charge on any atom is 0.273 e. The second-order valence-electron chi connectivity index (χ2n) is 6.16. The van der Waals surface area contributed by atoms with E-state index in [1.165, 1.54) is 11.1 Å². The first kappa shape index (κ1) is 19.0. The van der Waals surface area contributed by atoms with Crippen LogP contribution in [-0.4, -0.2) is 17.6 Å². The molecular formula is C20H23ClN2O2. The van der Waals surface area contributed by atoms with Crippen molar-refractivity contribution in [2.45, 2.75) is 33.6 Å². The van der Waals surface area contributed by atoms with Crippen molar-refractivity contribution < 1.29 is 9.32 Å². The zero-order valence-corrected chi connectivity index (χ0v) is 15.6. The van der Waals surface area contributed by atoms with Gasteiger partial charge >= 0.3 is 0 Å². The van der Waals surface area contributed by atoms with E-state index in [0.29, 0.717) is 17.3 Å². The number of aromatic nitrogens is 1. The fourth-order valence-corrected chi connectivity index (χ4v) is 2.36. The number of nitrogens with zero attached hydrogens (tertiary/aromatic N) is 1. The smallest absolute Gasteiger partial charge is 0.273 e. The molecular weight excluding hydrogens is 336 g/mol. The van der Waals surface area contributed by atoms with Crippen LogP contribution in [0, 0.1) is 0 Å².